The Morgan fingerprint density at radius 1 is 1.00 bits per heavy atom. The number of hydrogen-bond acceptors (Lipinski definition) is 4. The highest BCUT2D eigenvalue weighted by Gasteiger charge is 2.17. The Morgan fingerprint density at radius 3 is 2.48 bits per heavy atom. The summed E-state index contributed by atoms with van der Waals surface area (Å²) in [5.74, 6) is 1.49. The van der Waals surface area contributed by atoms with Gasteiger partial charge >= 0.3 is 0 Å². The summed E-state index contributed by atoms with van der Waals surface area (Å²) in [6, 6.07) is 12.1. The van der Waals surface area contributed by atoms with Gasteiger partial charge in [-0.2, -0.15) is 0 Å². The van der Waals surface area contributed by atoms with Crippen LogP contribution in [-0.2, 0) is 13.1 Å². The van der Waals surface area contributed by atoms with E-state index in [9.17, 15) is 0 Å². The zero-order valence-corrected chi connectivity index (χ0v) is 15.6. The Morgan fingerprint density at radius 2 is 1.76 bits per heavy atom. The number of halogens is 1. The first-order chi connectivity index (χ1) is 12.2. The Bertz CT molecular complexity index is 715. The van der Waals surface area contributed by atoms with Crippen LogP contribution in [0, 0.1) is 0 Å². The average molecular weight is 361 g/mol. The molecule has 0 unspecified atom stereocenters. The molecule has 5 heteroatoms. The molecule has 4 nitrogen and oxygen atoms in total. The van der Waals surface area contributed by atoms with Crippen molar-refractivity contribution < 1.29 is 9.47 Å². The van der Waals surface area contributed by atoms with E-state index in [0.717, 1.165) is 48.3 Å². The molecule has 134 valence electrons. The maximum Gasteiger partial charge on any atom is 0.161 e. The molecule has 0 saturated carbocycles. The topological polar surface area (TPSA) is 33.7 Å². The van der Waals surface area contributed by atoms with Gasteiger partial charge in [0.15, 0.2) is 11.5 Å². The monoisotopic (exact) mass is 360 g/mol. The fourth-order valence-electron chi connectivity index (χ4n) is 3.30. The zero-order chi connectivity index (χ0) is 17.6. The van der Waals surface area contributed by atoms with Crippen LogP contribution in [-0.4, -0.2) is 27.3 Å². The largest absolute Gasteiger partial charge is 0.493 e. The van der Waals surface area contributed by atoms with Crippen molar-refractivity contribution in [3.63, 3.8) is 0 Å². The fraction of sp³-hybridized carbons (Fsp3) is 0.400. The quantitative estimate of drug-likeness (QED) is 0.800. The molecule has 25 heavy (non-hydrogen) atoms. The first kappa shape index (κ1) is 17.9. The molecule has 0 aromatic heterocycles. The second kappa shape index (κ2) is 8.45. The van der Waals surface area contributed by atoms with E-state index in [2.05, 4.69) is 16.3 Å². The van der Waals surface area contributed by atoms with Crippen molar-refractivity contribution in [2.45, 2.75) is 25.9 Å². The van der Waals surface area contributed by atoms with E-state index in [1.807, 2.05) is 30.3 Å². The number of nitrogens with one attached hydrogen (secondary N) is 1. The first-order valence-electron chi connectivity index (χ1n) is 8.67. The van der Waals surface area contributed by atoms with Gasteiger partial charge in [0.05, 0.1) is 14.2 Å². The van der Waals surface area contributed by atoms with Crippen LogP contribution in [0.3, 0.4) is 0 Å². The van der Waals surface area contributed by atoms with Gasteiger partial charge in [0, 0.05) is 42.5 Å². The molecule has 0 radical (unpaired) electrons. The molecule has 0 atom stereocenters. The molecule has 0 spiro atoms. The third-order valence-corrected chi connectivity index (χ3v) is 4.97. The summed E-state index contributed by atoms with van der Waals surface area (Å²) in [5.41, 5.74) is 3.57. The Balaban J connectivity index is 1.68. The van der Waals surface area contributed by atoms with Crippen LogP contribution in [0.4, 0.5) is 5.69 Å². The number of nitrogens with zero attached hydrogens (tertiary/aromatic N) is 1. The lowest BCUT2D eigenvalue weighted by molar-refractivity contribution is 0.354. The van der Waals surface area contributed by atoms with E-state index >= 15 is 0 Å². The lowest BCUT2D eigenvalue weighted by Crippen LogP contribution is -2.22. The predicted octanol–water partition coefficient (Wildman–Crippen LogP) is 4.25. The Hall–Kier alpha value is -1.91. The third kappa shape index (κ3) is 4.20. The predicted molar refractivity (Wildman–Crippen MR) is 103 cm³/mol. The van der Waals surface area contributed by atoms with Gasteiger partial charge in [-0.1, -0.05) is 23.7 Å². The fourth-order valence-corrected chi connectivity index (χ4v) is 3.54. The van der Waals surface area contributed by atoms with Crippen molar-refractivity contribution in [2.24, 2.45) is 0 Å². The maximum absolute atomic E-state index is 6.47. The van der Waals surface area contributed by atoms with Crippen molar-refractivity contribution >= 4 is 17.3 Å². The lowest BCUT2D eigenvalue weighted by Gasteiger charge is -2.22. The standard InChI is InChI=1S/C20H25ClN2O2/c1-24-19-9-8-15(12-20(19)25-2)13-22-14-16-17(21)6-5-7-18(16)23-10-3-4-11-23/h5-9,12,22H,3-4,10-11,13-14H2,1-2H3. The SMILES string of the molecule is COc1ccc(CNCc2c(Cl)cccc2N2CCCC2)cc1OC. The highest BCUT2D eigenvalue weighted by molar-refractivity contribution is 6.31. The second-order valence-electron chi connectivity index (χ2n) is 6.22. The van der Waals surface area contributed by atoms with Gasteiger partial charge in [0.25, 0.3) is 0 Å². The maximum atomic E-state index is 6.47. The van der Waals surface area contributed by atoms with Gasteiger partial charge in [-0.25, -0.2) is 0 Å². The van der Waals surface area contributed by atoms with Crippen molar-refractivity contribution in [2.75, 3.05) is 32.2 Å². The molecular formula is C20H25ClN2O2. The third-order valence-electron chi connectivity index (χ3n) is 4.62. The number of ether oxygens (including phenoxy) is 2. The van der Waals surface area contributed by atoms with Crippen LogP contribution < -0.4 is 19.7 Å². The van der Waals surface area contributed by atoms with Gasteiger partial charge < -0.3 is 19.7 Å². The summed E-state index contributed by atoms with van der Waals surface area (Å²) in [6.45, 7) is 3.71. The molecule has 0 bridgehead atoms. The van der Waals surface area contributed by atoms with Crippen LogP contribution in [0.5, 0.6) is 11.5 Å². The highest BCUT2D eigenvalue weighted by Crippen LogP contribution is 2.30. The van der Waals surface area contributed by atoms with Crippen LogP contribution in [0.25, 0.3) is 0 Å². The molecule has 1 N–H and O–H groups in total. The van der Waals surface area contributed by atoms with Crippen molar-refractivity contribution in [3.8, 4) is 11.5 Å². The second-order valence-corrected chi connectivity index (χ2v) is 6.63. The number of benzene rings is 2. The molecule has 1 saturated heterocycles. The van der Waals surface area contributed by atoms with Crippen molar-refractivity contribution in [1.29, 1.82) is 0 Å². The van der Waals surface area contributed by atoms with E-state index in [1.165, 1.54) is 24.1 Å². The average Bonchev–Trinajstić information content (AvgIpc) is 3.17. The summed E-state index contributed by atoms with van der Waals surface area (Å²) >= 11 is 6.47. The summed E-state index contributed by atoms with van der Waals surface area (Å²) in [6.07, 6.45) is 2.51. The lowest BCUT2D eigenvalue weighted by atomic mass is 10.1. The first-order valence-corrected chi connectivity index (χ1v) is 9.04. The van der Waals surface area contributed by atoms with Crippen LogP contribution in [0.1, 0.15) is 24.0 Å². The minimum Gasteiger partial charge on any atom is -0.493 e. The molecule has 1 fully saturated rings. The summed E-state index contributed by atoms with van der Waals surface area (Å²) in [5, 5.41) is 4.33. The molecular weight excluding hydrogens is 336 g/mol. The highest BCUT2D eigenvalue weighted by atomic mass is 35.5. The zero-order valence-electron chi connectivity index (χ0n) is 14.8. The van der Waals surface area contributed by atoms with E-state index in [0.29, 0.717) is 0 Å². The minimum atomic E-state index is 0.736. The number of methoxy groups -OCH3 is 2. The molecule has 2 aromatic rings. The molecule has 1 aliphatic heterocycles. The normalized spacial score (nSPS) is 14.0. The van der Waals surface area contributed by atoms with Crippen LogP contribution in [0.15, 0.2) is 36.4 Å². The molecule has 0 amide bonds. The van der Waals surface area contributed by atoms with E-state index in [-0.39, 0.29) is 0 Å². The van der Waals surface area contributed by atoms with Gasteiger partial charge in [-0.3, -0.25) is 0 Å². The molecule has 0 aliphatic carbocycles. The van der Waals surface area contributed by atoms with Crippen molar-refractivity contribution in [3.05, 3.63) is 52.5 Å². The molecule has 1 aliphatic rings. The van der Waals surface area contributed by atoms with Crippen LogP contribution >= 0.6 is 11.6 Å². The summed E-state index contributed by atoms with van der Waals surface area (Å²) in [7, 11) is 3.30. The Kier molecular flexibility index (Phi) is 6.05. The molecule has 2 aromatic carbocycles. The Labute approximate surface area is 154 Å². The van der Waals surface area contributed by atoms with E-state index < -0.39 is 0 Å². The van der Waals surface area contributed by atoms with Gasteiger partial charge in [0.1, 0.15) is 0 Å². The summed E-state index contributed by atoms with van der Waals surface area (Å²) < 4.78 is 10.7. The molecule has 3 rings (SSSR count). The van der Waals surface area contributed by atoms with E-state index in [4.69, 9.17) is 21.1 Å². The van der Waals surface area contributed by atoms with Crippen LogP contribution in [0.2, 0.25) is 5.02 Å². The number of hydrogen-bond donors (Lipinski definition) is 1. The molecule has 1 heterocycles. The van der Waals surface area contributed by atoms with Gasteiger partial charge in [-0.15, -0.1) is 0 Å². The summed E-state index contributed by atoms with van der Waals surface area (Å²) in [4.78, 5) is 2.43. The number of anilines is 1. The van der Waals surface area contributed by atoms with Crippen molar-refractivity contribution in [1.82, 2.24) is 5.32 Å². The van der Waals surface area contributed by atoms with Gasteiger partial charge in [0.2, 0.25) is 0 Å². The smallest absolute Gasteiger partial charge is 0.161 e. The number of rotatable bonds is 7. The van der Waals surface area contributed by atoms with Gasteiger partial charge in [-0.05, 0) is 42.7 Å². The minimum absolute atomic E-state index is 0.736. The van der Waals surface area contributed by atoms with E-state index in [1.54, 1.807) is 14.2 Å².